The summed E-state index contributed by atoms with van der Waals surface area (Å²) in [5.74, 6) is -0.301. The molecule has 2 aromatic carbocycles. The molecule has 5 nitrogen and oxygen atoms in total. The van der Waals surface area contributed by atoms with Crippen molar-refractivity contribution in [3.05, 3.63) is 46.9 Å². The van der Waals surface area contributed by atoms with Crippen LogP contribution < -0.4 is 9.62 Å². The lowest BCUT2D eigenvalue weighted by molar-refractivity contribution is -0.119. The molecule has 0 fully saturated rings. The zero-order chi connectivity index (χ0) is 18.0. The molecule has 3 rings (SSSR count). The van der Waals surface area contributed by atoms with E-state index >= 15 is 0 Å². The summed E-state index contributed by atoms with van der Waals surface area (Å²) in [6.07, 6.45) is 1.83. The van der Waals surface area contributed by atoms with Gasteiger partial charge in [0.2, 0.25) is 5.91 Å². The number of unbranched alkanes of at least 4 members (excludes halogenated alkanes) is 1. The number of anilines is 1. The number of carbonyl (C=O) groups excluding carboxylic acids is 1. The van der Waals surface area contributed by atoms with Crippen LogP contribution in [-0.2, 0) is 14.8 Å². The average Bonchev–Trinajstić information content (AvgIpc) is 2.59. The van der Waals surface area contributed by atoms with Crippen LogP contribution >= 0.6 is 15.9 Å². The zero-order valence-electron chi connectivity index (χ0n) is 13.8. The molecule has 0 atom stereocenters. The predicted octanol–water partition coefficient (Wildman–Crippen LogP) is 3.54. The Morgan fingerprint density at radius 2 is 1.92 bits per heavy atom. The Labute approximate surface area is 156 Å². The first-order valence-corrected chi connectivity index (χ1v) is 10.4. The first-order valence-electron chi connectivity index (χ1n) is 8.13. The number of fused-ring (bicyclic) bond motifs is 3. The highest BCUT2D eigenvalue weighted by atomic mass is 79.9. The second kappa shape index (κ2) is 7.17. The van der Waals surface area contributed by atoms with E-state index in [1.54, 1.807) is 30.3 Å². The van der Waals surface area contributed by atoms with E-state index in [4.69, 9.17) is 0 Å². The predicted molar refractivity (Wildman–Crippen MR) is 102 cm³/mol. The fraction of sp³-hybridized carbons (Fsp3) is 0.278. The van der Waals surface area contributed by atoms with Gasteiger partial charge in [-0.05, 0) is 30.7 Å². The maximum atomic E-state index is 13.1. The van der Waals surface area contributed by atoms with E-state index in [-0.39, 0.29) is 17.3 Å². The van der Waals surface area contributed by atoms with Gasteiger partial charge in [0.05, 0.1) is 10.6 Å². The second-order valence-electron chi connectivity index (χ2n) is 5.87. The Hall–Kier alpha value is -1.86. The summed E-state index contributed by atoms with van der Waals surface area (Å²) in [5.41, 5.74) is 1.97. The van der Waals surface area contributed by atoms with Crippen molar-refractivity contribution < 1.29 is 13.2 Å². The fourth-order valence-corrected chi connectivity index (χ4v) is 4.88. The van der Waals surface area contributed by atoms with Crippen LogP contribution in [0.15, 0.2) is 51.8 Å². The molecule has 0 spiro atoms. The lowest BCUT2D eigenvalue weighted by Crippen LogP contribution is -2.42. The first kappa shape index (κ1) is 17.9. The molecule has 7 heteroatoms. The fourth-order valence-electron chi connectivity index (χ4n) is 2.86. The number of benzene rings is 2. The highest BCUT2D eigenvalue weighted by Gasteiger charge is 2.35. The first-order chi connectivity index (χ1) is 11.9. The van der Waals surface area contributed by atoms with Crippen molar-refractivity contribution in [2.75, 3.05) is 17.4 Å². The minimum atomic E-state index is -3.78. The second-order valence-corrected chi connectivity index (χ2v) is 8.62. The zero-order valence-corrected chi connectivity index (χ0v) is 16.2. The SMILES string of the molecule is CCCCNC(=O)CN1c2ccc(Br)cc2-c2ccccc2S1(=O)=O. The number of nitrogens with zero attached hydrogens (tertiary/aromatic N) is 1. The average molecular weight is 423 g/mol. The molecule has 2 aromatic rings. The topological polar surface area (TPSA) is 66.5 Å². The van der Waals surface area contributed by atoms with Gasteiger partial charge in [-0.1, -0.05) is 47.5 Å². The number of halogens is 1. The van der Waals surface area contributed by atoms with E-state index in [9.17, 15) is 13.2 Å². The molecular formula is C18H19BrN2O3S. The number of carbonyl (C=O) groups is 1. The quantitative estimate of drug-likeness (QED) is 0.749. The molecule has 0 saturated heterocycles. The number of hydrogen-bond acceptors (Lipinski definition) is 3. The lowest BCUT2D eigenvalue weighted by atomic mass is 10.0. The van der Waals surface area contributed by atoms with Crippen molar-refractivity contribution in [3.63, 3.8) is 0 Å². The molecule has 1 heterocycles. The third kappa shape index (κ3) is 3.43. The summed E-state index contributed by atoms with van der Waals surface area (Å²) in [7, 11) is -3.78. The number of rotatable bonds is 5. The van der Waals surface area contributed by atoms with Crippen LogP contribution in [0.1, 0.15) is 19.8 Å². The largest absolute Gasteiger partial charge is 0.355 e. The molecule has 0 unspecified atom stereocenters. The van der Waals surface area contributed by atoms with Crippen molar-refractivity contribution in [1.82, 2.24) is 5.32 Å². The number of sulfonamides is 1. The monoisotopic (exact) mass is 422 g/mol. The summed E-state index contributed by atoms with van der Waals surface area (Å²) < 4.78 is 28.2. The van der Waals surface area contributed by atoms with Crippen LogP contribution in [0.5, 0.6) is 0 Å². The van der Waals surface area contributed by atoms with Gasteiger partial charge in [-0.2, -0.15) is 0 Å². The molecular weight excluding hydrogens is 404 g/mol. The normalized spacial score (nSPS) is 14.6. The van der Waals surface area contributed by atoms with Gasteiger partial charge in [0.1, 0.15) is 6.54 Å². The van der Waals surface area contributed by atoms with Crippen molar-refractivity contribution in [3.8, 4) is 11.1 Å². The van der Waals surface area contributed by atoms with Gasteiger partial charge in [-0.25, -0.2) is 8.42 Å². The van der Waals surface area contributed by atoms with Gasteiger partial charge in [0.15, 0.2) is 0 Å². The maximum Gasteiger partial charge on any atom is 0.265 e. The Balaban J connectivity index is 2.03. The highest BCUT2D eigenvalue weighted by Crippen LogP contribution is 2.43. The van der Waals surface area contributed by atoms with Crippen LogP contribution in [0.3, 0.4) is 0 Å². The van der Waals surface area contributed by atoms with E-state index in [0.717, 1.165) is 22.9 Å². The van der Waals surface area contributed by atoms with E-state index in [2.05, 4.69) is 21.2 Å². The van der Waals surface area contributed by atoms with E-state index in [0.29, 0.717) is 17.8 Å². The number of hydrogen-bond donors (Lipinski definition) is 1. The third-order valence-corrected chi connectivity index (χ3v) is 6.42. The Kier molecular flexibility index (Phi) is 5.15. The Morgan fingerprint density at radius 1 is 1.16 bits per heavy atom. The molecule has 0 aromatic heterocycles. The minimum Gasteiger partial charge on any atom is -0.355 e. The lowest BCUT2D eigenvalue weighted by Gasteiger charge is -2.31. The molecule has 1 N–H and O–H groups in total. The molecule has 132 valence electrons. The van der Waals surface area contributed by atoms with E-state index < -0.39 is 10.0 Å². The van der Waals surface area contributed by atoms with Gasteiger partial charge in [-0.3, -0.25) is 9.10 Å². The van der Waals surface area contributed by atoms with Crippen LogP contribution in [0.25, 0.3) is 11.1 Å². The summed E-state index contributed by atoms with van der Waals surface area (Å²) in [6, 6.07) is 12.3. The number of amides is 1. The standard InChI is InChI=1S/C18H19BrN2O3S/c1-2-3-10-20-18(22)12-21-16-9-8-13(19)11-15(16)14-6-4-5-7-17(14)25(21,23)24/h4-9,11H,2-3,10,12H2,1H3,(H,20,22). The van der Waals surface area contributed by atoms with Gasteiger partial charge in [0, 0.05) is 22.1 Å². The van der Waals surface area contributed by atoms with Crippen molar-refractivity contribution in [2.24, 2.45) is 0 Å². The molecule has 1 amide bonds. The van der Waals surface area contributed by atoms with E-state index in [1.807, 2.05) is 19.1 Å². The minimum absolute atomic E-state index is 0.224. The van der Waals surface area contributed by atoms with E-state index in [1.165, 1.54) is 4.31 Å². The van der Waals surface area contributed by atoms with Crippen molar-refractivity contribution in [1.29, 1.82) is 0 Å². The summed E-state index contributed by atoms with van der Waals surface area (Å²) in [4.78, 5) is 12.5. The molecule has 0 saturated carbocycles. The summed E-state index contributed by atoms with van der Waals surface area (Å²) in [5, 5.41) is 2.78. The summed E-state index contributed by atoms with van der Waals surface area (Å²) in [6.45, 7) is 2.36. The molecule has 25 heavy (non-hydrogen) atoms. The number of nitrogens with one attached hydrogen (secondary N) is 1. The van der Waals surface area contributed by atoms with Crippen LogP contribution in [0.4, 0.5) is 5.69 Å². The summed E-state index contributed by atoms with van der Waals surface area (Å²) >= 11 is 3.44. The third-order valence-electron chi connectivity index (χ3n) is 4.11. The maximum absolute atomic E-state index is 13.1. The smallest absolute Gasteiger partial charge is 0.265 e. The molecule has 0 bridgehead atoms. The molecule has 0 aliphatic carbocycles. The van der Waals surface area contributed by atoms with Crippen molar-refractivity contribution in [2.45, 2.75) is 24.7 Å². The van der Waals surface area contributed by atoms with Crippen LogP contribution in [0, 0.1) is 0 Å². The van der Waals surface area contributed by atoms with Gasteiger partial charge in [0.25, 0.3) is 10.0 Å². The Bertz CT molecular complexity index is 912. The van der Waals surface area contributed by atoms with Crippen LogP contribution in [0.2, 0.25) is 0 Å². The van der Waals surface area contributed by atoms with Gasteiger partial charge >= 0.3 is 0 Å². The van der Waals surface area contributed by atoms with Crippen LogP contribution in [-0.4, -0.2) is 27.4 Å². The van der Waals surface area contributed by atoms with Crippen molar-refractivity contribution >= 4 is 37.5 Å². The molecule has 1 aliphatic heterocycles. The van der Waals surface area contributed by atoms with Gasteiger partial charge < -0.3 is 5.32 Å². The molecule has 0 radical (unpaired) electrons. The Morgan fingerprint density at radius 3 is 2.68 bits per heavy atom. The molecule has 1 aliphatic rings. The van der Waals surface area contributed by atoms with Gasteiger partial charge in [-0.15, -0.1) is 0 Å². The highest BCUT2D eigenvalue weighted by molar-refractivity contribution is 9.10.